The number of para-hydroxylation sites is 1. The summed E-state index contributed by atoms with van der Waals surface area (Å²) in [6, 6.07) is 15.9. The standard InChI is InChI=1S/C17H12FN3/c1-11-5-7-13-3-2-4-16(17(13)20-11)21-15-8-6-12(10-19)9-14(15)18/h2-9,21H,1H3. The van der Waals surface area contributed by atoms with Gasteiger partial charge in [0.2, 0.25) is 0 Å². The second-order valence-corrected chi connectivity index (χ2v) is 4.76. The molecule has 1 aromatic heterocycles. The lowest BCUT2D eigenvalue weighted by Gasteiger charge is -2.10. The van der Waals surface area contributed by atoms with Gasteiger partial charge < -0.3 is 5.32 Å². The van der Waals surface area contributed by atoms with Crippen LogP contribution < -0.4 is 5.32 Å². The maximum Gasteiger partial charge on any atom is 0.147 e. The number of nitriles is 1. The first kappa shape index (κ1) is 13.1. The predicted octanol–water partition coefficient (Wildman–Crippen LogP) is 4.30. The van der Waals surface area contributed by atoms with Crippen molar-refractivity contribution in [3.8, 4) is 6.07 Å². The summed E-state index contributed by atoms with van der Waals surface area (Å²) in [5.41, 5.74) is 3.05. The van der Waals surface area contributed by atoms with Crippen LogP contribution in [0.2, 0.25) is 0 Å². The molecule has 21 heavy (non-hydrogen) atoms. The third kappa shape index (κ3) is 2.54. The van der Waals surface area contributed by atoms with E-state index in [1.54, 1.807) is 12.1 Å². The lowest BCUT2D eigenvalue weighted by molar-refractivity contribution is 0.631. The molecule has 0 saturated heterocycles. The highest BCUT2D eigenvalue weighted by Crippen LogP contribution is 2.26. The van der Waals surface area contributed by atoms with E-state index in [2.05, 4.69) is 10.3 Å². The van der Waals surface area contributed by atoms with Gasteiger partial charge in [-0.05, 0) is 37.3 Å². The minimum Gasteiger partial charge on any atom is -0.351 e. The zero-order chi connectivity index (χ0) is 14.8. The number of nitrogens with zero attached hydrogens (tertiary/aromatic N) is 2. The summed E-state index contributed by atoms with van der Waals surface area (Å²) in [7, 11) is 0. The van der Waals surface area contributed by atoms with Gasteiger partial charge in [0.25, 0.3) is 0 Å². The molecule has 0 aliphatic heterocycles. The van der Waals surface area contributed by atoms with Crippen LogP contribution in [0.1, 0.15) is 11.3 Å². The number of aryl methyl sites for hydroxylation is 1. The molecule has 0 radical (unpaired) electrons. The minimum atomic E-state index is -0.460. The van der Waals surface area contributed by atoms with Crippen molar-refractivity contribution >= 4 is 22.3 Å². The zero-order valence-corrected chi connectivity index (χ0v) is 11.4. The Balaban J connectivity index is 2.06. The summed E-state index contributed by atoms with van der Waals surface area (Å²) < 4.78 is 14.0. The van der Waals surface area contributed by atoms with Crippen molar-refractivity contribution in [2.45, 2.75) is 6.92 Å². The molecule has 4 heteroatoms. The SMILES string of the molecule is Cc1ccc2cccc(Nc3ccc(C#N)cc3F)c2n1. The molecule has 3 aromatic rings. The van der Waals surface area contributed by atoms with Gasteiger partial charge in [-0.25, -0.2) is 4.39 Å². The predicted molar refractivity (Wildman–Crippen MR) is 80.9 cm³/mol. The van der Waals surface area contributed by atoms with Gasteiger partial charge in [-0.3, -0.25) is 4.98 Å². The molecule has 0 fully saturated rings. The van der Waals surface area contributed by atoms with Crippen molar-refractivity contribution in [1.82, 2.24) is 4.98 Å². The van der Waals surface area contributed by atoms with E-state index in [1.807, 2.05) is 43.3 Å². The summed E-state index contributed by atoms with van der Waals surface area (Å²) in [4.78, 5) is 4.50. The molecule has 0 spiro atoms. The zero-order valence-electron chi connectivity index (χ0n) is 11.4. The largest absolute Gasteiger partial charge is 0.351 e. The smallest absolute Gasteiger partial charge is 0.147 e. The van der Waals surface area contributed by atoms with Crippen molar-refractivity contribution in [1.29, 1.82) is 5.26 Å². The molecule has 0 atom stereocenters. The molecule has 1 N–H and O–H groups in total. The van der Waals surface area contributed by atoms with Crippen LogP contribution >= 0.6 is 0 Å². The fraction of sp³-hybridized carbons (Fsp3) is 0.0588. The molecule has 1 heterocycles. The molecule has 102 valence electrons. The number of anilines is 2. The minimum absolute atomic E-state index is 0.296. The third-order valence-corrected chi connectivity index (χ3v) is 3.23. The summed E-state index contributed by atoms with van der Waals surface area (Å²) in [6.45, 7) is 1.92. The van der Waals surface area contributed by atoms with Crippen molar-refractivity contribution in [3.05, 3.63) is 65.6 Å². The van der Waals surface area contributed by atoms with Gasteiger partial charge >= 0.3 is 0 Å². The number of hydrogen-bond donors (Lipinski definition) is 1. The van der Waals surface area contributed by atoms with Crippen LogP contribution in [0, 0.1) is 24.1 Å². The molecular weight excluding hydrogens is 265 g/mol. The van der Waals surface area contributed by atoms with Gasteiger partial charge in [0, 0.05) is 11.1 Å². The average molecular weight is 277 g/mol. The van der Waals surface area contributed by atoms with E-state index in [4.69, 9.17) is 5.26 Å². The number of hydrogen-bond acceptors (Lipinski definition) is 3. The Labute approximate surface area is 121 Å². The lowest BCUT2D eigenvalue weighted by Crippen LogP contribution is -1.96. The van der Waals surface area contributed by atoms with Crippen LogP contribution in [0.15, 0.2) is 48.5 Å². The molecular formula is C17H12FN3. The van der Waals surface area contributed by atoms with Gasteiger partial charge in [-0.1, -0.05) is 18.2 Å². The number of pyridine rings is 1. The molecule has 2 aromatic carbocycles. The van der Waals surface area contributed by atoms with E-state index >= 15 is 0 Å². The Hall–Kier alpha value is -2.93. The van der Waals surface area contributed by atoms with Gasteiger partial charge in [-0.15, -0.1) is 0 Å². The topological polar surface area (TPSA) is 48.7 Å². The first-order valence-corrected chi connectivity index (χ1v) is 6.50. The molecule has 3 nitrogen and oxygen atoms in total. The van der Waals surface area contributed by atoms with E-state index in [0.717, 1.165) is 22.3 Å². The summed E-state index contributed by atoms with van der Waals surface area (Å²) >= 11 is 0. The Kier molecular flexibility index (Phi) is 3.25. The van der Waals surface area contributed by atoms with E-state index in [-0.39, 0.29) is 0 Å². The number of nitrogens with one attached hydrogen (secondary N) is 1. The maximum atomic E-state index is 14.0. The van der Waals surface area contributed by atoms with Crippen LogP contribution in [0.4, 0.5) is 15.8 Å². The Morgan fingerprint density at radius 3 is 2.71 bits per heavy atom. The van der Waals surface area contributed by atoms with E-state index in [9.17, 15) is 4.39 Å². The van der Waals surface area contributed by atoms with Gasteiger partial charge in [0.15, 0.2) is 0 Å². The van der Waals surface area contributed by atoms with Crippen LogP contribution in [0.5, 0.6) is 0 Å². The van der Waals surface area contributed by atoms with Crippen LogP contribution in [0.25, 0.3) is 10.9 Å². The monoisotopic (exact) mass is 277 g/mol. The lowest BCUT2D eigenvalue weighted by atomic mass is 10.1. The Morgan fingerprint density at radius 1 is 1.10 bits per heavy atom. The van der Waals surface area contributed by atoms with Crippen LogP contribution in [-0.4, -0.2) is 4.98 Å². The summed E-state index contributed by atoms with van der Waals surface area (Å²) in [6.07, 6.45) is 0. The molecule has 0 aliphatic rings. The van der Waals surface area contributed by atoms with Crippen molar-refractivity contribution in [2.24, 2.45) is 0 Å². The second kappa shape index (κ2) is 5.22. The van der Waals surface area contributed by atoms with E-state index in [1.165, 1.54) is 6.07 Å². The number of rotatable bonds is 2. The second-order valence-electron chi connectivity index (χ2n) is 4.76. The normalized spacial score (nSPS) is 10.3. The Bertz CT molecular complexity index is 866. The van der Waals surface area contributed by atoms with Gasteiger partial charge in [0.1, 0.15) is 5.82 Å². The average Bonchev–Trinajstić information content (AvgIpc) is 2.49. The molecule has 3 rings (SSSR count). The number of benzene rings is 2. The highest BCUT2D eigenvalue weighted by molar-refractivity contribution is 5.92. The summed E-state index contributed by atoms with van der Waals surface area (Å²) in [5, 5.41) is 12.8. The quantitative estimate of drug-likeness (QED) is 0.759. The fourth-order valence-electron chi connectivity index (χ4n) is 2.18. The highest BCUT2D eigenvalue weighted by atomic mass is 19.1. The first-order valence-electron chi connectivity index (χ1n) is 6.50. The van der Waals surface area contributed by atoms with Gasteiger partial charge in [0.05, 0.1) is 28.5 Å². The molecule has 0 unspecified atom stereocenters. The third-order valence-electron chi connectivity index (χ3n) is 3.23. The highest BCUT2D eigenvalue weighted by Gasteiger charge is 2.07. The fourth-order valence-corrected chi connectivity index (χ4v) is 2.18. The van der Waals surface area contributed by atoms with Gasteiger partial charge in [-0.2, -0.15) is 5.26 Å². The maximum absolute atomic E-state index is 14.0. The van der Waals surface area contributed by atoms with E-state index in [0.29, 0.717) is 11.3 Å². The molecule has 0 saturated carbocycles. The first-order chi connectivity index (χ1) is 10.2. The number of aromatic nitrogens is 1. The molecule has 0 bridgehead atoms. The van der Waals surface area contributed by atoms with Crippen LogP contribution in [0.3, 0.4) is 0 Å². The molecule has 0 amide bonds. The van der Waals surface area contributed by atoms with E-state index < -0.39 is 5.82 Å². The summed E-state index contributed by atoms with van der Waals surface area (Å²) in [5.74, 6) is -0.460. The molecule has 0 aliphatic carbocycles. The number of halogens is 1. The number of fused-ring (bicyclic) bond motifs is 1. The van der Waals surface area contributed by atoms with Crippen molar-refractivity contribution in [3.63, 3.8) is 0 Å². The van der Waals surface area contributed by atoms with Crippen LogP contribution in [-0.2, 0) is 0 Å². The van der Waals surface area contributed by atoms with Crippen molar-refractivity contribution in [2.75, 3.05) is 5.32 Å². The Morgan fingerprint density at radius 2 is 1.95 bits per heavy atom. The van der Waals surface area contributed by atoms with Crippen molar-refractivity contribution < 1.29 is 4.39 Å².